The van der Waals surface area contributed by atoms with E-state index in [0.29, 0.717) is 24.7 Å². The topological polar surface area (TPSA) is 83.0 Å². The Bertz CT molecular complexity index is 795. The number of piperidine rings is 1. The SMILES string of the molecule is C[C@@H]1C[C@@H](NC(=O)c2ccn3c2CCCC3)CN(C(=O)c2ccn[nH]2)C1. The fourth-order valence-corrected chi connectivity index (χ4v) is 4.20. The first-order valence-electron chi connectivity index (χ1n) is 9.39. The van der Waals surface area contributed by atoms with Crippen LogP contribution in [0.15, 0.2) is 24.5 Å². The summed E-state index contributed by atoms with van der Waals surface area (Å²) in [4.78, 5) is 27.2. The molecule has 2 aromatic heterocycles. The summed E-state index contributed by atoms with van der Waals surface area (Å²) in [7, 11) is 0. The van der Waals surface area contributed by atoms with Gasteiger partial charge in [-0.2, -0.15) is 5.10 Å². The molecule has 2 amide bonds. The molecule has 2 aromatic rings. The molecule has 0 spiro atoms. The monoisotopic (exact) mass is 355 g/mol. The lowest BCUT2D eigenvalue weighted by molar-refractivity contribution is 0.0616. The summed E-state index contributed by atoms with van der Waals surface area (Å²) in [6.07, 6.45) is 7.75. The molecule has 0 radical (unpaired) electrons. The summed E-state index contributed by atoms with van der Waals surface area (Å²) in [5.74, 6) is 0.257. The first-order chi connectivity index (χ1) is 12.6. The van der Waals surface area contributed by atoms with Crippen molar-refractivity contribution in [1.29, 1.82) is 0 Å². The van der Waals surface area contributed by atoms with Gasteiger partial charge in [0.25, 0.3) is 11.8 Å². The highest BCUT2D eigenvalue weighted by molar-refractivity contribution is 5.96. The molecule has 1 fully saturated rings. The molecule has 7 heteroatoms. The van der Waals surface area contributed by atoms with Crippen LogP contribution in [0.4, 0.5) is 0 Å². The lowest BCUT2D eigenvalue weighted by Gasteiger charge is -2.36. The molecular weight excluding hydrogens is 330 g/mol. The van der Waals surface area contributed by atoms with E-state index in [-0.39, 0.29) is 17.9 Å². The van der Waals surface area contributed by atoms with Crippen LogP contribution in [0.5, 0.6) is 0 Å². The Labute approximate surface area is 152 Å². The van der Waals surface area contributed by atoms with Crippen LogP contribution < -0.4 is 5.32 Å². The van der Waals surface area contributed by atoms with E-state index in [2.05, 4.69) is 27.0 Å². The molecule has 0 bridgehead atoms. The molecule has 4 heterocycles. The highest BCUT2D eigenvalue weighted by Gasteiger charge is 2.30. The van der Waals surface area contributed by atoms with Gasteiger partial charge in [0.05, 0.1) is 5.56 Å². The summed E-state index contributed by atoms with van der Waals surface area (Å²) >= 11 is 0. The van der Waals surface area contributed by atoms with E-state index >= 15 is 0 Å². The molecule has 26 heavy (non-hydrogen) atoms. The highest BCUT2D eigenvalue weighted by atomic mass is 16.2. The van der Waals surface area contributed by atoms with E-state index in [1.165, 1.54) is 6.42 Å². The zero-order valence-electron chi connectivity index (χ0n) is 15.1. The van der Waals surface area contributed by atoms with Gasteiger partial charge in [-0.3, -0.25) is 14.7 Å². The van der Waals surface area contributed by atoms with Crippen molar-refractivity contribution in [1.82, 2.24) is 25.0 Å². The first-order valence-corrected chi connectivity index (χ1v) is 9.39. The van der Waals surface area contributed by atoms with Gasteiger partial charge in [0.15, 0.2) is 0 Å². The number of carbonyl (C=O) groups is 2. The summed E-state index contributed by atoms with van der Waals surface area (Å²) in [6.45, 7) is 4.34. The standard InChI is InChI=1S/C19H25N5O2/c1-13-10-14(12-24(11-13)19(26)16-5-7-20-22-16)21-18(25)15-6-9-23-8-3-2-4-17(15)23/h5-7,9,13-14H,2-4,8,10-12H2,1H3,(H,20,22)(H,21,25)/t13-,14-/m1/s1. The number of aromatic amines is 1. The number of aryl methyl sites for hydroxylation is 1. The highest BCUT2D eigenvalue weighted by Crippen LogP contribution is 2.22. The minimum absolute atomic E-state index is 0.0197. The third-order valence-corrected chi connectivity index (χ3v) is 5.40. The first kappa shape index (κ1) is 16.9. The summed E-state index contributed by atoms with van der Waals surface area (Å²) in [5.41, 5.74) is 2.42. The van der Waals surface area contributed by atoms with Crippen molar-refractivity contribution in [2.75, 3.05) is 13.1 Å². The molecule has 2 N–H and O–H groups in total. The molecule has 0 saturated carbocycles. The van der Waals surface area contributed by atoms with E-state index in [1.54, 1.807) is 12.3 Å². The number of hydrogen-bond donors (Lipinski definition) is 2. The minimum Gasteiger partial charge on any atom is -0.351 e. The van der Waals surface area contributed by atoms with Crippen LogP contribution in [0.1, 0.15) is 52.7 Å². The number of carbonyl (C=O) groups excluding carboxylic acids is 2. The second-order valence-electron chi connectivity index (χ2n) is 7.52. The second-order valence-corrected chi connectivity index (χ2v) is 7.52. The van der Waals surface area contributed by atoms with Gasteiger partial charge >= 0.3 is 0 Å². The van der Waals surface area contributed by atoms with Gasteiger partial charge < -0.3 is 14.8 Å². The third kappa shape index (κ3) is 3.25. The van der Waals surface area contributed by atoms with E-state index < -0.39 is 0 Å². The maximum Gasteiger partial charge on any atom is 0.271 e. The van der Waals surface area contributed by atoms with Gasteiger partial charge in [-0.1, -0.05) is 6.92 Å². The lowest BCUT2D eigenvalue weighted by atomic mass is 9.95. The predicted octanol–water partition coefficient (Wildman–Crippen LogP) is 1.83. The van der Waals surface area contributed by atoms with E-state index in [4.69, 9.17) is 0 Å². The molecule has 0 unspecified atom stereocenters. The average Bonchev–Trinajstić information content (AvgIpc) is 3.30. The number of amides is 2. The van der Waals surface area contributed by atoms with Crippen molar-refractivity contribution >= 4 is 11.8 Å². The smallest absolute Gasteiger partial charge is 0.271 e. The third-order valence-electron chi connectivity index (χ3n) is 5.40. The predicted molar refractivity (Wildman–Crippen MR) is 96.9 cm³/mol. The molecular formula is C19H25N5O2. The number of nitrogens with one attached hydrogen (secondary N) is 2. The van der Waals surface area contributed by atoms with Crippen molar-refractivity contribution < 1.29 is 9.59 Å². The van der Waals surface area contributed by atoms with Crippen molar-refractivity contribution in [2.24, 2.45) is 5.92 Å². The number of rotatable bonds is 3. The number of likely N-dealkylation sites (tertiary alicyclic amines) is 1. The Kier molecular flexibility index (Phi) is 4.53. The zero-order chi connectivity index (χ0) is 18.1. The molecule has 1 saturated heterocycles. The van der Waals surface area contributed by atoms with Crippen molar-refractivity contribution in [3.63, 3.8) is 0 Å². The molecule has 2 aliphatic rings. The summed E-state index contributed by atoms with van der Waals surface area (Å²) < 4.78 is 2.19. The van der Waals surface area contributed by atoms with Crippen LogP contribution in [0, 0.1) is 5.92 Å². The van der Waals surface area contributed by atoms with Gasteiger partial charge in [-0.25, -0.2) is 0 Å². The maximum atomic E-state index is 12.8. The van der Waals surface area contributed by atoms with Crippen molar-refractivity contribution in [3.8, 4) is 0 Å². The Balaban J connectivity index is 1.45. The molecule has 4 rings (SSSR count). The number of hydrogen-bond acceptors (Lipinski definition) is 3. The van der Waals surface area contributed by atoms with E-state index in [0.717, 1.165) is 37.1 Å². The fourth-order valence-electron chi connectivity index (χ4n) is 4.20. The molecule has 2 atom stereocenters. The summed E-state index contributed by atoms with van der Waals surface area (Å²) in [5, 5.41) is 9.74. The molecule has 0 aliphatic carbocycles. The maximum absolute atomic E-state index is 12.8. The Hall–Kier alpha value is -2.57. The van der Waals surface area contributed by atoms with Gasteiger partial charge in [-0.15, -0.1) is 0 Å². The minimum atomic E-state index is -0.0606. The quantitative estimate of drug-likeness (QED) is 0.881. The summed E-state index contributed by atoms with van der Waals surface area (Å²) in [6, 6.07) is 3.58. The van der Waals surface area contributed by atoms with Gasteiger partial charge in [-0.05, 0) is 43.7 Å². The number of fused-ring (bicyclic) bond motifs is 1. The van der Waals surface area contributed by atoms with E-state index in [9.17, 15) is 9.59 Å². The molecule has 138 valence electrons. The van der Waals surface area contributed by atoms with Crippen LogP contribution in [0.2, 0.25) is 0 Å². The van der Waals surface area contributed by atoms with Crippen LogP contribution in [0.25, 0.3) is 0 Å². The van der Waals surface area contributed by atoms with Gasteiger partial charge in [0, 0.05) is 43.8 Å². The largest absolute Gasteiger partial charge is 0.351 e. The molecule has 0 aromatic carbocycles. The Morgan fingerprint density at radius 3 is 2.96 bits per heavy atom. The van der Waals surface area contributed by atoms with E-state index in [1.807, 2.05) is 17.2 Å². The normalized spacial score (nSPS) is 22.7. The van der Waals surface area contributed by atoms with Gasteiger partial charge in [0.2, 0.25) is 0 Å². The van der Waals surface area contributed by atoms with Crippen molar-refractivity contribution in [3.05, 3.63) is 41.5 Å². The Morgan fingerprint density at radius 1 is 1.27 bits per heavy atom. The van der Waals surface area contributed by atoms with Crippen LogP contribution in [0.3, 0.4) is 0 Å². The number of nitrogens with zero attached hydrogens (tertiary/aromatic N) is 3. The number of aromatic nitrogens is 3. The number of H-pyrrole nitrogens is 1. The Morgan fingerprint density at radius 2 is 2.15 bits per heavy atom. The van der Waals surface area contributed by atoms with Gasteiger partial charge in [0.1, 0.15) is 5.69 Å². The van der Waals surface area contributed by atoms with Crippen molar-refractivity contribution in [2.45, 2.75) is 45.2 Å². The second kappa shape index (κ2) is 6.97. The fraction of sp³-hybridized carbons (Fsp3) is 0.526. The lowest BCUT2D eigenvalue weighted by Crippen LogP contribution is -2.52. The van der Waals surface area contributed by atoms with Crippen LogP contribution in [-0.2, 0) is 13.0 Å². The van der Waals surface area contributed by atoms with Crippen LogP contribution in [-0.4, -0.2) is 50.6 Å². The molecule has 7 nitrogen and oxygen atoms in total. The van der Waals surface area contributed by atoms with Crippen LogP contribution >= 0.6 is 0 Å². The zero-order valence-corrected chi connectivity index (χ0v) is 15.1. The molecule has 2 aliphatic heterocycles. The average molecular weight is 355 g/mol.